The molecule has 0 spiro atoms. The van der Waals surface area contributed by atoms with Crippen LogP contribution in [-0.4, -0.2) is 19.6 Å². The molecule has 0 bridgehead atoms. The minimum Gasteiger partial charge on any atom is -0.493 e. The van der Waals surface area contributed by atoms with Gasteiger partial charge in [0.05, 0.1) is 18.7 Å². The second-order valence-electron chi connectivity index (χ2n) is 4.53. The molecule has 2 aromatic rings. The molecule has 0 heterocycles. The van der Waals surface area contributed by atoms with Gasteiger partial charge < -0.3 is 14.8 Å². The van der Waals surface area contributed by atoms with E-state index in [0.717, 1.165) is 5.56 Å². The third-order valence-electron chi connectivity index (χ3n) is 2.97. The Labute approximate surface area is 129 Å². The number of rotatable bonds is 6. The second-order valence-corrected chi connectivity index (χ2v) is 4.53. The Hall–Kier alpha value is -3.00. The fraction of sp³-hybridized carbons (Fsp3) is 0.176. The minimum atomic E-state index is -0.242. The molecule has 0 saturated heterocycles. The molecular weight excluding hydrogens is 280 g/mol. The Morgan fingerprint density at radius 2 is 1.95 bits per heavy atom. The molecule has 0 fully saturated rings. The number of para-hydroxylation sites is 2. The summed E-state index contributed by atoms with van der Waals surface area (Å²) >= 11 is 0. The van der Waals surface area contributed by atoms with Crippen molar-refractivity contribution >= 4 is 5.91 Å². The highest BCUT2D eigenvalue weighted by molar-refractivity contribution is 5.77. The Balaban J connectivity index is 1.84. The van der Waals surface area contributed by atoms with Crippen LogP contribution in [0.2, 0.25) is 0 Å². The van der Waals surface area contributed by atoms with Gasteiger partial charge in [0.25, 0.3) is 5.91 Å². The molecule has 2 rings (SSSR count). The summed E-state index contributed by atoms with van der Waals surface area (Å²) in [5, 5.41) is 11.6. The maximum atomic E-state index is 11.8. The summed E-state index contributed by atoms with van der Waals surface area (Å²) in [5.74, 6) is 0.858. The van der Waals surface area contributed by atoms with E-state index in [2.05, 4.69) is 11.4 Å². The first-order chi connectivity index (χ1) is 10.7. The highest BCUT2D eigenvalue weighted by Crippen LogP contribution is 2.25. The normalized spacial score (nSPS) is 9.64. The average molecular weight is 296 g/mol. The number of nitriles is 1. The quantitative estimate of drug-likeness (QED) is 0.887. The summed E-state index contributed by atoms with van der Waals surface area (Å²) in [5.41, 5.74) is 1.43. The third-order valence-corrected chi connectivity index (χ3v) is 2.97. The average Bonchev–Trinajstić information content (AvgIpc) is 2.58. The summed E-state index contributed by atoms with van der Waals surface area (Å²) in [4.78, 5) is 11.8. The SMILES string of the molecule is COc1ccccc1OCC(=O)NCc1cccc(C#N)c1. The number of hydrogen-bond acceptors (Lipinski definition) is 4. The van der Waals surface area contributed by atoms with Crippen LogP contribution in [0.4, 0.5) is 0 Å². The smallest absolute Gasteiger partial charge is 0.258 e. The lowest BCUT2D eigenvalue weighted by Crippen LogP contribution is -2.28. The summed E-state index contributed by atoms with van der Waals surface area (Å²) in [6, 6.07) is 16.3. The van der Waals surface area contributed by atoms with Gasteiger partial charge in [-0.05, 0) is 29.8 Å². The number of carbonyl (C=O) groups is 1. The van der Waals surface area contributed by atoms with Crippen molar-refractivity contribution in [3.05, 3.63) is 59.7 Å². The van der Waals surface area contributed by atoms with Crippen molar-refractivity contribution in [2.75, 3.05) is 13.7 Å². The van der Waals surface area contributed by atoms with Crippen LogP contribution >= 0.6 is 0 Å². The van der Waals surface area contributed by atoms with Crippen LogP contribution < -0.4 is 14.8 Å². The van der Waals surface area contributed by atoms with Crippen molar-refractivity contribution in [3.63, 3.8) is 0 Å². The maximum absolute atomic E-state index is 11.8. The highest BCUT2D eigenvalue weighted by Gasteiger charge is 2.06. The molecule has 2 aromatic carbocycles. The minimum absolute atomic E-state index is 0.0989. The monoisotopic (exact) mass is 296 g/mol. The lowest BCUT2D eigenvalue weighted by atomic mass is 10.1. The molecule has 0 aromatic heterocycles. The number of nitrogens with one attached hydrogen (secondary N) is 1. The van der Waals surface area contributed by atoms with Crippen molar-refractivity contribution in [1.29, 1.82) is 5.26 Å². The van der Waals surface area contributed by atoms with Crippen LogP contribution in [0.3, 0.4) is 0 Å². The van der Waals surface area contributed by atoms with Gasteiger partial charge in [-0.15, -0.1) is 0 Å². The zero-order valence-corrected chi connectivity index (χ0v) is 12.2. The van der Waals surface area contributed by atoms with E-state index in [1.165, 1.54) is 0 Å². The topological polar surface area (TPSA) is 71.3 Å². The second kappa shape index (κ2) is 7.70. The first-order valence-corrected chi connectivity index (χ1v) is 6.74. The number of carbonyl (C=O) groups excluding carboxylic acids is 1. The number of methoxy groups -OCH3 is 1. The fourth-order valence-corrected chi connectivity index (χ4v) is 1.88. The largest absolute Gasteiger partial charge is 0.493 e. The first kappa shape index (κ1) is 15.4. The van der Waals surface area contributed by atoms with Crippen LogP contribution in [0.5, 0.6) is 11.5 Å². The highest BCUT2D eigenvalue weighted by atomic mass is 16.5. The zero-order chi connectivity index (χ0) is 15.8. The fourth-order valence-electron chi connectivity index (χ4n) is 1.88. The molecule has 0 unspecified atom stereocenters. The van der Waals surface area contributed by atoms with Gasteiger partial charge in [-0.1, -0.05) is 24.3 Å². The van der Waals surface area contributed by atoms with E-state index >= 15 is 0 Å². The van der Waals surface area contributed by atoms with Gasteiger partial charge in [-0.25, -0.2) is 0 Å². The molecular formula is C17H16N2O3. The van der Waals surface area contributed by atoms with Gasteiger partial charge in [-0.3, -0.25) is 4.79 Å². The maximum Gasteiger partial charge on any atom is 0.258 e. The summed E-state index contributed by atoms with van der Waals surface area (Å²) in [7, 11) is 1.55. The molecule has 22 heavy (non-hydrogen) atoms. The molecule has 1 N–H and O–H groups in total. The molecule has 0 aliphatic heterocycles. The Bertz CT molecular complexity index is 692. The van der Waals surface area contributed by atoms with Crippen LogP contribution in [0.15, 0.2) is 48.5 Å². The van der Waals surface area contributed by atoms with E-state index in [0.29, 0.717) is 23.6 Å². The van der Waals surface area contributed by atoms with E-state index in [1.54, 1.807) is 37.4 Å². The predicted octanol–water partition coefficient (Wildman–Crippen LogP) is 2.26. The molecule has 5 nitrogen and oxygen atoms in total. The van der Waals surface area contributed by atoms with E-state index in [4.69, 9.17) is 14.7 Å². The summed E-state index contributed by atoms with van der Waals surface area (Å²) in [6.45, 7) is 0.252. The third kappa shape index (κ3) is 4.25. The van der Waals surface area contributed by atoms with Gasteiger partial charge in [0.2, 0.25) is 0 Å². The van der Waals surface area contributed by atoms with Crippen LogP contribution in [-0.2, 0) is 11.3 Å². The first-order valence-electron chi connectivity index (χ1n) is 6.74. The van der Waals surface area contributed by atoms with E-state index in [1.807, 2.05) is 18.2 Å². The molecule has 5 heteroatoms. The Morgan fingerprint density at radius 3 is 2.68 bits per heavy atom. The van der Waals surface area contributed by atoms with Gasteiger partial charge in [0.15, 0.2) is 18.1 Å². The van der Waals surface area contributed by atoms with Crippen molar-refractivity contribution in [3.8, 4) is 17.6 Å². The molecule has 0 atom stereocenters. The number of amides is 1. The lowest BCUT2D eigenvalue weighted by Gasteiger charge is -2.10. The molecule has 112 valence electrons. The number of nitrogens with zero attached hydrogens (tertiary/aromatic N) is 1. The van der Waals surface area contributed by atoms with E-state index in [9.17, 15) is 4.79 Å². The molecule has 0 aliphatic carbocycles. The van der Waals surface area contributed by atoms with Crippen molar-refractivity contribution in [1.82, 2.24) is 5.32 Å². The van der Waals surface area contributed by atoms with Gasteiger partial charge in [-0.2, -0.15) is 5.26 Å². The Kier molecular flexibility index (Phi) is 5.38. The van der Waals surface area contributed by atoms with Crippen LogP contribution in [0.1, 0.15) is 11.1 Å². The van der Waals surface area contributed by atoms with Crippen molar-refractivity contribution in [2.24, 2.45) is 0 Å². The number of ether oxygens (including phenoxy) is 2. The lowest BCUT2D eigenvalue weighted by molar-refractivity contribution is -0.123. The van der Waals surface area contributed by atoms with E-state index < -0.39 is 0 Å². The van der Waals surface area contributed by atoms with Crippen molar-refractivity contribution < 1.29 is 14.3 Å². The predicted molar refractivity (Wildman–Crippen MR) is 81.5 cm³/mol. The standard InChI is InChI=1S/C17H16N2O3/c1-21-15-7-2-3-8-16(15)22-12-17(20)19-11-14-6-4-5-13(9-14)10-18/h2-9H,11-12H2,1H3,(H,19,20). The van der Waals surface area contributed by atoms with E-state index in [-0.39, 0.29) is 12.5 Å². The van der Waals surface area contributed by atoms with Crippen LogP contribution in [0.25, 0.3) is 0 Å². The molecule has 1 amide bonds. The van der Waals surface area contributed by atoms with Gasteiger partial charge in [0, 0.05) is 6.54 Å². The van der Waals surface area contributed by atoms with Gasteiger partial charge in [0.1, 0.15) is 0 Å². The zero-order valence-electron chi connectivity index (χ0n) is 12.2. The number of hydrogen-bond donors (Lipinski definition) is 1. The van der Waals surface area contributed by atoms with Crippen molar-refractivity contribution in [2.45, 2.75) is 6.54 Å². The van der Waals surface area contributed by atoms with Gasteiger partial charge >= 0.3 is 0 Å². The summed E-state index contributed by atoms with van der Waals surface area (Å²) < 4.78 is 10.6. The number of benzene rings is 2. The Morgan fingerprint density at radius 1 is 1.18 bits per heavy atom. The summed E-state index contributed by atoms with van der Waals surface area (Å²) in [6.07, 6.45) is 0. The molecule has 0 saturated carbocycles. The molecule has 0 radical (unpaired) electrons. The molecule has 0 aliphatic rings. The van der Waals surface area contributed by atoms with Crippen LogP contribution in [0, 0.1) is 11.3 Å².